The Morgan fingerprint density at radius 3 is 2.37 bits per heavy atom. The minimum absolute atomic E-state index is 0.0406. The molecular weight excluding hydrogens is 270 g/mol. The average Bonchev–Trinajstić information content (AvgIpc) is 3.09. The largest absolute Gasteiger partial charge is 0.480 e. The minimum atomic E-state index is -3.13. The number of carbonyl (C=O) groups excluding carboxylic acids is 1. The smallest absolute Gasteiger partial charge is 0.323 e. The number of carboxylic acid groups (broad SMARTS) is 1. The van der Waals surface area contributed by atoms with Crippen molar-refractivity contribution in [2.24, 2.45) is 11.8 Å². The summed E-state index contributed by atoms with van der Waals surface area (Å²) < 4.78 is 23.0. The van der Waals surface area contributed by atoms with Gasteiger partial charge in [-0.1, -0.05) is 6.92 Å². The summed E-state index contributed by atoms with van der Waals surface area (Å²) in [7, 11) is -3.13. The normalized spacial score (nSPS) is 26.9. The monoisotopic (exact) mass is 289 g/mol. The molecule has 2 unspecified atom stereocenters. The lowest BCUT2D eigenvalue weighted by Crippen LogP contribution is -2.46. The topological polar surface area (TPSA) is 91.8 Å². The van der Waals surface area contributed by atoms with Gasteiger partial charge >= 0.3 is 5.97 Å². The van der Waals surface area contributed by atoms with Gasteiger partial charge in [-0.2, -0.15) is 0 Å². The Bertz CT molecular complexity index is 482. The molecular formula is C12H19NO5S. The fourth-order valence-corrected chi connectivity index (χ4v) is 4.34. The number of sulfone groups is 1. The standard InChI is InChI=1S/C12H19NO5S/c1-8(9-2-3-9)12(16)13(6-11(14)15)10-4-5-19(17,18)7-10/h8-10H,2-7H2,1H3,(H,14,15). The molecule has 2 fully saturated rings. The SMILES string of the molecule is CC(C(=O)N(CC(=O)O)C1CCS(=O)(=O)C1)C1CC1. The molecule has 1 aliphatic carbocycles. The van der Waals surface area contributed by atoms with E-state index in [4.69, 9.17) is 5.11 Å². The lowest BCUT2D eigenvalue weighted by molar-refractivity contribution is -0.148. The van der Waals surface area contributed by atoms with Gasteiger partial charge in [-0.3, -0.25) is 9.59 Å². The Hall–Kier alpha value is -1.11. The Kier molecular flexibility index (Phi) is 3.85. The molecule has 1 N–H and O–H groups in total. The zero-order valence-corrected chi connectivity index (χ0v) is 11.7. The van der Waals surface area contributed by atoms with Gasteiger partial charge in [-0.05, 0) is 25.2 Å². The fraction of sp³-hybridized carbons (Fsp3) is 0.833. The zero-order chi connectivity index (χ0) is 14.2. The van der Waals surface area contributed by atoms with Crippen molar-refractivity contribution in [2.75, 3.05) is 18.1 Å². The molecule has 2 aliphatic rings. The van der Waals surface area contributed by atoms with E-state index in [1.165, 1.54) is 4.90 Å². The van der Waals surface area contributed by atoms with Crippen LogP contribution in [0.5, 0.6) is 0 Å². The lowest BCUT2D eigenvalue weighted by atomic mass is 10.0. The summed E-state index contributed by atoms with van der Waals surface area (Å²) in [5.41, 5.74) is 0. The van der Waals surface area contributed by atoms with Crippen LogP contribution in [0.4, 0.5) is 0 Å². The highest BCUT2D eigenvalue weighted by molar-refractivity contribution is 7.91. The van der Waals surface area contributed by atoms with Gasteiger partial charge in [0, 0.05) is 12.0 Å². The first-order chi connectivity index (χ1) is 8.80. The summed E-state index contributed by atoms with van der Waals surface area (Å²) >= 11 is 0. The molecule has 2 atom stereocenters. The van der Waals surface area contributed by atoms with E-state index >= 15 is 0 Å². The van der Waals surface area contributed by atoms with Gasteiger partial charge in [-0.15, -0.1) is 0 Å². The zero-order valence-electron chi connectivity index (χ0n) is 10.9. The molecule has 1 saturated heterocycles. The summed E-state index contributed by atoms with van der Waals surface area (Å²) in [6.45, 7) is 1.40. The van der Waals surface area contributed by atoms with Crippen molar-refractivity contribution < 1.29 is 23.1 Å². The average molecular weight is 289 g/mol. The van der Waals surface area contributed by atoms with Gasteiger partial charge in [0.2, 0.25) is 5.91 Å². The number of rotatable bonds is 5. The van der Waals surface area contributed by atoms with Crippen molar-refractivity contribution in [3.8, 4) is 0 Å². The van der Waals surface area contributed by atoms with Crippen molar-refractivity contribution in [3.05, 3.63) is 0 Å². The third-order valence-electron chi connectivity index (χ3n) is 3.96. The number of amides is 1. The van der Waals surface area contributed by atoms with Crippen LogP contribution >= 0.6 is 0 Å². The van der Waals surface area contributed by atoms with Crippen molar-refractivity contribution >= 4 is 21.7 Å². The van der Waals surface area contributed by atoms with Crippen LogP contribution in [0.1, 0.15) is 26.2 Å². The quantitative estimate of drug-likeness (QED) is 0.777. The molecule has 1 saturated carbocycles. The van der Waals surface area contributed by atoms with Gasteiger partial charge in [0.1, 0.15) is 6.54 Å². The van der Waals surface area contributed by atoms with Crippen LogP contribution in [-0.2, 0) is 19.4 Å². The molecule has 0 radical (unpaired) electrons. The van der Waals surface area contributed by atoms with Crippen LogP contribution in [0.15, 0.2) is 0 Å². The Morgan fingerprint density at radius 1 is 1.32 bits per heavy atom. The lowest BCUT2D eigenvalue weighted by Gasteiger charge is -2.29. The fourth-order valence-electron chi connectivity index (χ4n) is 2.61. The molecule has 6 nitrogen and oxygen atoms in total. The molecule has 1 amide bonds. The van der Waals surface area contributed by atoms with Crippen molar-refractivity contribution in [2.45, 2.75) is 32.2 Å². The third kappa shape index (κ3) is 3.46. The van der Waals surface area contributed by atoms with Crippen molar-refractivity contribution in [1.29, 1.82) is 0 Å². The van der Waals surface area contributed by atoms with Crippen molar-refractivity contribution in [3.63, 3.8) is 0 Å². The van der Waals surface area contributed by atoms with Gasteiger partial charge in [0.05, 0.1) is 11.5 Å². The van der Waals surface area contributed by atoms with E-state index in [9.17, 15) is 18.0 Å². The number of nitrogens with zero attached hydrogens (tertiary/aromatic N) is 1. The summed E-state index contributed by atoms with van der Waals surface area (Å²) in [4.78, 5) is 24.5. The number of aliphatic carboxylic acids is 1. The molecule has 0 aromatic heterocycles. The van der Waals surface area contributed by atoms with E-state index in [1.54, 1.807) is 6.92 Å². The third-order valence-corrected chi connectivity index (χ3v) is 5.71. The van der Waals surface area contributed by atoms with E-state index in [0.717, 1.165) is 12.8 Å². The predicted molar refractivity (Wildman–Crippen MR) is 68.3 cm³/mol. The summed E-state index contributed by atoms with van der Waals surface area (Å²) in [6, 6.07) is -0.477. The van der Waals surface area contributed by atoms with E-state index in [-0.39, 0.29) is 23.3 Å². The van der Waals surface area contributed by atoms with Crippen LogP contribution < -0.4 is 0 Å². The molecule has 19 heavy (non-hydrogen) atoms. The highest BCUT2D eigenvalue weighted by Crippen LogP contribution is 2.38. The van der Waals surface area contributed by atoms with Crippen LogP contribution in [0, 0.1) is 11.8 Å². The second-order valence-corrected chi connectivity index (χ2v) is 7.77. The van der Waals surface area contributed by atoms with Crippen LogP contribution in [0.2, 0.25) is 0 Å². The molecule has 1 aliphatic heterocycles. The first-order valence-electron chi connectivity index (χ1n) is 6.53. The van der Waals surface area contributed by atoms with Crippen molar-refractivity contribution in [1.82, 2.24) is 4.90 Å². The van der Waals surface area contributed by atoms with E-state index < -0.39 is 28.4 Å². The van der Waals surface area contributed by atoms with Gasteiger partial charge in [-0.25, -0.2) is 8.42 Å². The van der Waals surface area contributed by atoms with Gasteiger partial charge in [0.15, 0.2) is 9.84 Å². The first kappa shape index (κ1) is 14.3. The highest BCUT2D eigenvalue weighted by atomic mass is 32.2. The highest BCUT2D eigenvalue weighted by Gasteiger charge is 2.40. The van der Waals surface area contributed by atoms with Gasteiger partial charge < -0.3 is 10.0 Å². The molecule has 0 aromatic carbocycles. The molecule has 0 aromatic rings. The predicted octanol–water partition coefficient (Wildman–Crippen LogP) is 0.133. The van der Waals surface area contributed by atoms with E-state index in [1.807, 2.05) is 0 Å². The van der Waals surface area contributed by atoms with Crippen LogP contribution in [0.3, 0.4) is 0 Å². The molecule has 7 heteroatoms. The Morgan fingerprint density at radius 2 is 1.95 bits per heavy atom. The summed E-state index contributed by atoms with van der Waals surface area (Å²) in [5, 5.41) is 8.92. The first-order valence-corrected chi connectivity index (χ1v) is 8.35. The number of carbonyl (C=O) groups is 2. The maximum absolute atomic E-state index is 12.3. The van der Waals surface area contributed by atoms with Gasteiger partial charge in [0.25, 0.3) is 0 Å². The second kappa shape index (κ2) is 5.11. The molecule has 0 bridgehead atoms. The maximum atomic E-state index is 12.3. The van der Waals surface area contributed by atoms with Crippen LogP contribution in [0.25, 0.3) is 0 Å². The van der Waals surface area contributed by atoms with E-state index in [0.29, 0.717) is 12.3 Å². The number of carboxylic acids is 1. The second-order valence-electron chi connectivity index (χ2n) is 5.54. The maximum Gasteiger partial charge on any atom is 0.323 e. The molecule has 108 valence electrons. The Balaban J connectivity index is 2.11. The van der Waals surface area contributed by atoms with Crippen LogP contribution in [-0.4, -0.2) is 54.4 Å². The molecule has 2 rings (SSSR count). The number of hydrogen-bond acceptors (Lipinski definition) is 4. The molecule has 0 spiro atoms. The number of hydrogen-bond donors (Lipinski definition) is 1. The summed E-state index contributed by atoms with van der Waals surface area (Å²) in [6.07, 6.45) is 2.34. The minimum Gasteiger partial charge on any atom is -0.480 e. The van der Waals surface area contributed by atoms with E-state index in [2.05, 4.69) is 0 Å². The Labute approximate surface area is 112 Å². The summed E-state index contributed by atoms with van der Waals surface area (Å²) in [5.74, 6) is -1.25. The molecule has 1 heterocycles.